The third kappa shape index (κ3) is 3.96. The van der Waals surface area contributed by atoms with Crippen LogP contribution in [0.15, 0.2) is 11.8 Å². The van der Waals surface area contributed by atoms with Crippen molar-refractivity contribution in [1.82, 2.24) is 15.5 Å². The number of hydrogen-bond donors (Lipinski definition) is 3. The zero-order chi connectivity index (χ0) is 14.8. The van der Waals surface area contributed by atoms with Crippen molar-refractivity contribution in [2.75, 3.05) is 26.2 Å². The van der Waals surface area contributed by atoms with Crippen LogP contribution in [0.1, 0.15) is 27.2 Å². The first-order valence-electron chi connectivity index (χ1n) is 7.07. The smallest absolute Gasteiger partial charge is 0.410 e. The third-order valence-electron chi connectivity index (χ3n) is 3.31. The average Bonchev–Trinajstić information content (AvgIpc) is 2.27. The summed E-state index contributed by atoms with van der Waals surface area (Å²) in [6.45, 7) is 8.48. The second-order valence-corrected chi connectivity index (χ2v) is 6.32. The van der Waals surface area contributed by atoms with Gasteiger partial charge >= 0.3 is 6.09 Å². The molecule has 2 fully saturated rings. The topological polar surface area (TPSA) is 77.5 Å². The van der Waals surface area contributed by atoms with E-state index in [9.17, 15) is 4.79 Å². The van der Waals surface area contributed by atoms with E-state index in [1.54, 1.807) is 4.90 Å². The lowest BCUT2D eigenvalue weighted by molar-refractivity contribution is 0.0267. The van der Waals surface area contributed by atoms with Gasteiger partial charge in [0.25, 0.3) is 0 Å². The summed E-state index contributed by atoms with van der Waals surface area (Å²) in [5, 5.41) is 14.4. The molecular formula is C14H24N4O2. The lowest BCUT2D eigenvalue weighted by atomic mass is 10.0. The van der Waals surface area contributed by atoms with Gasteiger partial charge in [-0.1, -0.05) is 0 Å². The van der Waals surface area contributed by atoms with E-state index in [0.29, 0.717) is 31.3 Å². The molecule has 0 atom stereocenters. The summed E-state index contributed by atoms with van der Waals surface area (Å²) in [7, 11) is 0. The highest BCUT2D eigenvalue weighted by atomic mass is 16.6. The summed E-state index contributed by atoms with van der Waals surface area (Å²) in [5.41, 5.74) is 0.987. The van der Waals surface area contributed by atoms with Crippen LogP contribution in [0.25, 0.3) is 0 Å². The first-order valence-corrected chi connectivity index (χ1v) is 7.07. The summed E-state index contributed by atoms with van der Waals surface area (Å²) in [6.07, 6.45) is 2.15. The van der Waals surface area contributed by atoms with Crippen LogP contribution in [0.5, 0.6) is 0 Å². The van der Waals surface area contributed by atoms with Crippen LogP contribution in [-0.4, -0.2) is 54.5 Å². The quantitative estimate of drug-likeness (QED) is 0.707. The van der Waals surface area contributed by atoms with Gasteiger partial charge in [0.05, 0.1) is 12.6 Å². The van der Waals surface area contributed by atoms with Crippen LogP contribution < -0.4 is 10.6 Å². The lowest BCUT2D eigenvalue weighted by Crippen LogP contribution is -2.54. The van der Waals surface area contributed by atoms with Gasteiger partial charge in [0.15, 0.2) is 0 Å². The van der Waals surface area contributed by atoms with Crippen LogP contribution in [-0.2, 0) is 4.74 Å². The molecule has 2 aliphatic rings. The molecule has 112 valence electrons. The molecule has 0 saturated carbocycles. The van der Waals surface area contributed by atoms with Gasteiger partial charge in [-0.2, -0.15) is 0 Å². The number of ether oxygens (including phenoxy) is 1. The molecule has 0 aromatic carbocycles. The van der Waals surface area contributed by atoms with Crippen molar-refractivity contribution in [2.24, 2.45) is 0 Å². The van der Waals surface area contributed by atoms with Crippen molar-refractivity contribution < 1.29 is 9.53 Å². The fraction of sp³-hybridized carbons (Fsp3) is 0.714. The maximum absolute atomic E-state index is 12.0. The Bertz CT molecular complexity index is 421. The summed E-state index contributed by atoms with van der Waals surface area (Å²) >= 11 is 0. The van der Waals surface area contributed by atoms with E-state index in [4.69, 9.17) is 10.1 Å². The number of piperidine rings is 1. The zero-order valence-electron chi connectivity index (χ0n) is 12.5. The van der Waals surface area contributed by atoms with Gasteiger partial charge in [0.2, 0.25) is 0 Å². The molecular weight excluding hydrogens is 256 g/mol. The predicted molar refractivity (Wildman–Crippen MR) is 78.0 cm³/mol. The third-order valence-corrected chi connectivity index (χ3v) is 3.31. The number of likely N-dealkylation sites (tertiary alicyclic amines) is 1. The molecule has 0 aromatic heterocycles. The monoisotopic (exact) mass is 280 g/mol. The zero-order valence-corrected chi connectivity index (χ0v) is 12.5. The molecule has 2 aliphatic heterocycles. The Balaban J connectivity index is 1.92. The van der Waals surface area contributed by atoms with E-state index in [-0.39, 0.29) is 6.09 Å². The van der Waals surface area contributed by atoms with Crippen molar-refractivity contribution >= 4 is 11.8 Å². The predicted octanol–water partition coefficient (Wildman–Crippen LogP) is 1.09. The van der Waals surface area contributed by atoms with Crippen molar-refractivity contribution in [2.45, 2.75) is 38.8 Å². The van der Waals surface area contributed by atoms with Gasteiger partial charge < -0.3 is 25.7 Å². The van der Waals surface area contributed by atoms with Crippen LogP contribution in [0, 0.1) is 5.41 Å². The number of rotatable bonds is 2. The molecule has 6 heteroatoms. The second kappa shape index (κ2) is 5.83. The summed E-state index contributed by atoms with van der Waals surface area (Å²) in [5.74, 6) is 0. The van der Waals surface area contributed by atoms with Crippen LogP contribution in [0.3, 0.4) is 0 Å². The van der Waals surface area contributed by atoms with Gasteiger partial charge in [-0.15, -0.1) is 0 Å². The largest absolute Gasteiger partial charge is 0.444 e. The van der Waals surface area contributed by atoms with Crippen molar-refractivity contribution in [1.29, 1.82) is 5.41 Å². The second-order valence-electron chi connectivity index (χ2n) is 6.32. The number of nitrogens with zero attached hydrogens (tertiary/aromatic N) is 1. The highest BCUT2D eigenvalue weighted by Crippen LogP contribution is 2.16. The van der Waals surface area contributed by atoms with Crippen LogP contribution >= 0.6 is 0 Å². The lowest BCUT2D eigenvalue weighted by Gasteiger charge is -2.32. The Morgan fingerprint density at radius 1 is 1.50 bits per heavy atom. The molecule has 0 aromatic rings. The molecule has 0 bridgehead atoms. The average molecular weight is 280 g/mol. The van der Waals surface area contributed by atoms with Crippen molar-refractivity contribution in [3.63, 3.8) is 0 Å². The van der Waals surface area contributed by atoms with E-state index >= 15 is 0 Å². The molecule has 1 amide bonds. The molecule has 20 heavy (non-hydrogen) atoms. The van der Waals surface area contributed by atoms with Gasteiger partial charge in [0.1, 0.15) is 5.60 Å². The van der Waals surface area contributed by atoms with Crippen LogP contribution in [0.4, 0.5) is 4.79 Å². The fourth-order valence-corrected chi connectivity index (χ4v) is 2.03. The minimum Gasteiger partial charge on any atom is -0.444 e. The number of amides is 1. The summed E-state index contributed by atoms with van der Waals surface area (Å²) < 4.78 is 5.38. The molecule has 0 unspecified atom stereocenters. The molecule has 2 saturated heterocycles. The summed E-state index contributed by atoms with van der Waals surface area (Å²) in [6, 6.07) is 0.437. The molecule has 0 radical (unpaired) electrons. The maximum Gasteiger partial charge on any atom is 0.410 e. The maximum atomic E-state index is 12.0. The van der Waals surface area contributed by atoms with E-state index in [1.807, 2.05) is 27.0 Å². The fourth-order valence-electron chi connectivity index (χ4n) is 2.03. The van der Waals surface area contributed by atoms with Gasteiger partial charge in [-0.3, -0.25) is 0 Å². The molecule has 6 nitrogen and oxygen atoms in total. The number of hydrogen-bond acceptors (Lipinski definition) is 5. The Kier molecular flexibility index (Phi) is 4.32. The van der Waals surface area contributed by atoms with Crippen LogP contribution in [0.2, 0.25) is 0 Å². The molecule has 0 aliphatic carbocycles. The Morgan fingerprint density at radius 2 is 2.20 bits per heavy atom. The van der Waals surface area contributed by atoms with Gasteiger partial charge in [0, 0.05) is 43.5 Å². The number of carbonyl (C=O) groups is 1. The highest BCUT2D eigenvalue weighted by Gasteiger charge is 2.27. The standard InChI is InChI=1S/C14H24N4O2/c1-14(2,3)20-13(19)18-5-4-12(15)10(9-18)6-17-11-7-16-8-11/h6,11,15-17H,4-5,7-9H2,1-3H3/b10-6-,15-12?. The van der Waals surface area contributed by atoms with Crippen molar-refractivity contribution in [3.8, 4) is 0 Å². The van der Waals surface area contributed by atoms with E-state index in [1.165, 1.54) is 0 Å². The van der Waals surface area contributed by atoms with Gasteiger partial charge in [-0.05, 0) is 20.8 Å². The Labute approximate surface area is 120 Å². The van der Waals surface area contributed by atoms with E-state index in [2.05, 4.69) is 10.6 Å². The first-order chi connectivity index (χ1) is 9.35. The summed E-state index contributed by atoms with van der Waals surface area (Å²) in [4.78, 5) is 13.7. The van der Waals surface area contributed by atoms with Gasteiger partial charge in [-0.25, -0.2) is 4.79 Å². The first kappa shape index (κ1) is 14.8. The highest BCUT2D eigenvalue weighted by molar-refractivity contribution is 5.99. The van der Waals surface area contributed by atoms with E-state index in [0.717, 1.165) is 18.7 Å². The van der Waals surface area contributed by atoms with Crippen molar-refractivity contribution in [3.05, 3.63) is 11.8 Å². The number of nitrogens with one attached hydrogen (secondary N) is 3. The molecule has 3 N–H and O–H groups in total. The minimum absolute atomic E-state index is 0.304. The normalized spacial score (nSPS) is 22.6. The SMILES string of the molecule is CC(C)(C)OC(=O)N1CCC(=N)/C(=C\NC2CNC2)C1. The molecule has 2 heterocycles. The molecule has 2 rings (SSSR count). The van der Waals surface area contributed by atoms with E-state index < -0.39 is 5.60 Å². The minimum atomic E-state index is -0.484. The number of carbonyl (C=O) groups excluding carboxylic acids is 1. The Hall–Kier alpha value is -1.56. The molecule has 0 spiro atoms. The Morgan fingerprint density at radius 3 is 2.75 bits per heavy atom.